The fraction of sp³-hybridized carbons (Fsp3) is 0.423. The van der Waals surface area contributed by atoms with Gasteiger partial charge in [0.05, 0.1) is 0 Å². The van der Waals surface area contributed by atoms with Gasteiger partial charge in [0.1, 0.15) is 0 Å². The molecule has 3 heterocycles. The van der Waals surface area contributed by atoms with Crippen LogP contribution in [0.15, 0.2) is 42.6 Å². The van der Waals surface area contributed by atoms with Crippen LogP contribution in [0.1, 0.15) is 48.8 Å². The minimum Gasteiger partial charge on any atom is -0.454 e. The third-order valence-corrected chi connectivity index (χ3v) is 6.73. The first-order chi connectivity index (χ1) is 15.7. The van der Waals surface area contributed by atoms with Crippen LogP contribution < -0.4 is 14.8 Å². The van der Waals surface area contributed by atoms with Gasteiger partial charge < -0.3 is 24.7 Å². The SMILES string of the molecule is CCc1cccc2c([C@H](CC(=O)NCCN3CCCC3)c3ccc4c(c3)OCO4)c[nH]c12. The number of para-hydroxylation sites is 1. The monoisotopic (exact) mass is 433 g/mol. The fourth-order valence-electron chi connectivity index (χ4n) is 4.98. The van der Waals surface area contributed by atoms with Crippen molar-refractivity contribution in [3.05, 3.63) is 59.3 Å². The van der Waals surface area contributed by atoms with Gasteiger partial charge in [-0.15, -0.1) is 0 Å². The molecule has 0 radical (unpaired) electrons. The molecule has 3 aromatic rings. The lowest BCUT2D eigenvalue weighted by Crippen LogP contribution is -2.34. The Kier molecular flexibility index (Phi) is 6.04. The van der Waals surface area contributed by atoms with E-state index >= 15 is 0 Å². The van der Waals surface area contributed by atoms with Gasteiger partial charge >= 0.3 is 0 Å². The summed E-state index contributed by atoms with van der Waals surface area (Å²) in [5, 5.41) is 4.33. The lowest BCUT2D eigenvalue weighted by Gasteiger charge is -2.19. The predicted molar refractivity (Wildman–Crippen MR) is 125 cm³/mol. The molecular weight excluding hydrogens is 402 g/mol. The number of hydrogen-bond donors (Lipinski definition) is 2. The molecule has 2 aliphatic heterocycles. The number of nitrogens with one attached hydrogen (secondary N) is 2. The molecule has 0 aliphatic carbocycles. The van der Waals surface area contributed by atoms with Gasteiger partial charge in [-0.2, -0.15) is 0 Å². The Bertz CT molecular complexity index is 1100. The highest BCUT2D eigenvalue weighted by molar-refractivity contribution is 5.88. The summed E-state index contributed by atoms with van der Waals surface area (Å²) in [5.74, 6) is 1.51. The summed E-state index contributed by atoms with van der Waals surface area (Å²) in [6.07, 6.45) is 5.95. The van der Waals surface area contributed by atoms with Crippen molar-refractivity contribution in [1.82, 2.24) is 15.2 Å². The Balaban J connectivity index is 1.41. The Morgan fingerprint density at radius 2 is 2.00 bits per heavy atom. The zero-order valence-corrected chi connectivity index (χ0v) is 18.7. The van der Waals surface area contributed by atoms with Crippen LogP contribution in [-0.2, 0) is 11.2 Å². The standard InChI is InChI=1S/C26H31N3O3/c1-2-18-6-5-7-20-22(16-28-26(18)20)21(19-8-9-23-24(14-19)32-17-31-23)15-25(30)27-10-13-29-11-3-4-12-29/h5-9,14,16,21,28H,2-4,10-13,15,17H2,1H3,(H,27,30)/t21-/m1/s1. The number of rotatable bonds is 8. The highest BCUT2D eigenvalue weighted by Crippen LogP contribution is 2.39. The smallest absolute Gasteiger partial charge is 0.231 e. The third kappa shape index (κ3) is 4.19. The maximum atomic E-state index is 13.0. The van der Waals surface area contributed by atoms with Gasteiger partial charge in [-0.3, -0.25) is 4.79 Å². The van der Waals surface area contributed by atoms with E-state index in [2.05, 4.69) is 52.6 Å². The van der Waals surface area contributed by atoms with Gasteiger partial charge in [0.25, 0.3) is 0 Å². The number of carbonyl (C=O) groups is 1. The maximum absolute atomic E-state index is 13.0. The van der Waals surface area contributed by atoms with Crippen LogP contribution in [0.2, 0.25) is 0 Å². The van der Waals surface area contributed by atoms with Crippen LogP contribution in [0, 0.1) is 0 Å². The number of fused-ring (bicyclic) bond motifs is 2. The molecule has 5 rings (SSSR count). The molecule has 32 heavy (non-hydrogen) atoms. The number of carbonyl (C=O) groups excluding carboxylic acids is 1. The van der Waals surface area contributed by atoms with Crippen LogP contribution in [0.4, 0.5) is 0 Å². The second-order valence-corrected chi connectivity index (χ2v) is 8.71. The molecule has 6 nitrogen and oxygen atoms in total. The molecule has 6 heteroatoms. The molecule has 168 valence electrons. The number of ether oxygens (including phenoxy) is 2. The number of aryl methyl sites for hydroxylation is 1. The van der Waals surface area contributed by atoms with E-state index in [4.69, 9.17) is 9.47 Å². The molecule has 2 aromatic carbocycles. The number of benzene rings is 2. The van der Waals surface area contributed by atoms with Crippen LogP contribution in [0.3, 0.4) is 0 Å². The van der Waals surface area contributed by atoms with E-state index in [1.807, 2.05) is 12.1 Å². The molecule has 2 aliphatic rings. The molecule has 0 saturated carbocycles. The Morgan fingerprint density at radius 1 is 1.16 bits per heavy atom. The molecular formula is C26H31N3O3. The van der Waals surface area contributed by atoms with Crippen molar-refractivity contribution in [1.29, 1.82) is 0 Å². The molecule has 1 amide bonds. The second-order valence-electron chi connectivity index (χ2n) is 8.71. The largest absolute Gasteiger partial charge is 0.454 e. The average Bonchev–Trinajstić information content (AvgIpc) is 3.57. The van der Waals surface area contributed by atoms with Gasteiger partial charge in [0.2, 0.25) is 12.7 Å². The summed E-state index contributed by atoms with van der Waals surface area (Å²) < 4.78 is 11.1. The van der Waals surface area contributed by atoms with Gasteiger partial charge in [-0.25, -0.2) is 0 Å². The first kappa shape index (κ1) is 20.9. The minimum atomic E-state index is -0.0721. The van der Waals surface area contributed by atoms with Gasteiger partial charge in [0, 0.05) is 42.5 Å². The van der Waals surface area contributed by atoms with E-state index in [1.54, 1.807) is 0 Å². The fourth-order valence-corrected chi connectivity index (χ4v) is 4.98. The number of amides is 1. The topological polar surface area (TPSA) is 66.6 Å². The van der Waals surface area contributed by atoms with Crippen molar-refractivity contribution in [2.75, 3.05) is 33.0 Å². The van der Waals surface area contributed by atoms with E-state index in [0.717, 1.165) is 54.2 Å². The minimum absolute atomic E-state index is 0.0721. The normalized spacial score (nSPS) is 16.5. The zero-order valence-electron chi connectivity index (χ0n) is 18.7. The second kappa shape index (κ2) is 9.25. The van der Waals surface area contributed by atoms with E-state index in [0.29, 0.717) is 13.0 Å². The molecule has 0 unspecified atom stereocenters. The van der Waals surface area contributed by atoms with Crippen LogP contribution in [0.25, 0.3) is 10.9 Å². The van der Waals surface area contributed by atoms with Crippen molar-refractivity contribution >= 4 is 16.8 Å². The van der Waals surface area contributed by atoms with Crippen molar-refractivity contribution < 1.29 is 14.3 Å². The Hall–Kier alpha value is -2.99. The number of aromatic amines is 1. The molecule has 0 bridgehead atoms. The molecule has 0 spiro atoms. The Labute approximate surface area is 188 Å². The summed E-state index contributed by atoms with van der Waals surface area (Å²) in [5.41, 5.74) is 4.65. The van der Waals surface area contributed by atoms with Gasteiger partial charge in [-0.1, -0.05) is 31.2 Å². The molecule has 1 saturated heterocycles. The molecule has 2 N–H and O–H groups in total. The van der Waals surface area contributed by atoms with Gasteiger partial charge in [0.15, 0.2) is 11.5 Å². The van der Waals surface area contributed by atoms with Crippen molar-refractivity contribution in [2.45, 2.75) is 38.5 Å². The summed E-state index contributed by atoms with van der Waals surface area (Å²) in [6, 6.07) is 12.4. The summed E-state index contributed by atoms with van der Waals surface area (Å²) in [7, 11) is 0. The van der Waals surface area contributed by atoms with Crippen molar-refractivity contribution in [3.63, 3.8) is 0 Å². The first-order valence-corrected chi connectivity index (χ1v) is 11.7. The average molecular weight is 434 g/mol. The molecule has 1 atom stereocenters. The number of hydrogen-bond acceptors (Lipinski definition) is 4. The first-order valence-electron chi connectivity index (χ1n) is 11.7. The van der Waals surface area contributed by atoms with Crippen LogP contribution in [-0.4, -0.2) is 48.8 Å². The van der Waals surface area contributed by atoms with Crippen molar-refractivity contribution in [3.8, 4) is 11.5 Å². The van der Waals surface area contributed by atoms with Crippen LogP contribution in [0.5, 0.6) is 11.5 Å². The lowest BCUT2D eigenvalue weighted by atomic mass is 9.87. The van der Waals surface area contributed by atoms with E-state index < -0.39 is 0 Å². The zero-order chi connectivity index (χ0) is 21.9. The number of nitrogens with zero attached hydrogens (tertiary/aromatic N) is 1. The molecule has 1 aromatic heterocycles. The van der Waals surface area contributed by atoms with Crippen molar-refractivity contribution in [2.24, 2.45) is 0 Å². The molecule has 1 fully saturated rings. The predicted octanol–water partition coefficient (Wildman–Crippen LogP) is 4.19. The summed E-state index contributed by atoms with van der Waals surface area (Å²) in [4.78, 5) is 18.9. The van der Waals surface area contributed by atoms with Gasteiger partial charge in [-0.05, 0) is 61.2 Å². The highest BCUT2D eigenvalue weighted by Gasteiger charge is 2.24. The highest BCUT2D eigenvalue weighted by atomic mass is 16.7. The van der Waals surface area contributed by atoms with Crippen LogP contribution >= 0.6 is 0 Å². The number of H-pyrrole nitrogens is 1. The summed E-state index contributed by atoms with van der Waals surface area (Å²) >= 11 is 0. The van der Waals surface area contributed by atoms with E-state index in [1.165, 1.54) is 23.8 Å². The lowest BCUT2D eigenvalue weighted by molar-refractivity contribution is -0.121. The summed E-state index contributed by atoms with van der Waals surface area (Å²) in [6.45, 7) is 6.31. The number of aromatic nitrogens is 1. The Morgan fingerprint density at radius 3 is 2.84 bits per heavy atom. The quantitative estimate of drug-likeness (QED) is 0.559. The van der Waals surface area contributed by atoms with E-state index in [9.17, 15) is 4.79 Å². The third-order valence-electron chi connectivity index (χ3n) is 6.73. The number of likely N-dealkylation sites (tertiary alicyclic amines) is 1. The maximum Gasteiger partial charge on any atom is 0.231 e. The van der Waals surface area contributed by atoms with E-state index in [-0.39, 0.29) is 18.6 Å².